The highest BCUT2D eigenvalue weighted by Gasteiger charge is 2.62. The summed E-state index contributed by atoms with van der Waals surface area (Å²) in [4.78, 5) is 25.9. The molecule has 0 unspecified atom stereocenters. The number of aromatic amines is 1. The van der Waals surface area contributed by atoms with Crippen LogP contribution in [0.3, 0.4) is 0 Å². The third kappa shape index (κ3) is 4.75. The lowest BCUT2D eigenvalue weighted by Gasteiger charge is -2.62. The van der Waals surface area contributed by atoms with Gasteiger partial charge in [-0.05, 0) is 110 Å². The third-order valence-corrected chi connectivity index (χ3v) is 12.4. The average molecular weight is 581 g/mol. The monoisotopic (exact) mass is 580 g/mol. The predicted octanol–water partition coefficient (Wildman–Crippen LogP) is 6.80. The summed E-state index contributed by atoms with van der Waals surface area (Å²) in [6.45, 7) is 7.11. The molecule has 0 saturated heterocycles. The molecule has 6 rings (SSSR count). The minimum Gasteiger partial charge on any atom is -0.493 e. The SMILES string of the molecule is C[C@H](CCC(=O)N=Nc1c(O)[nH]c2cc([N+](=O)[O-])ccc12)[C@@H]1CC[C@@H]2[C@@H]3[C@H](O)C[C@@H]4C[C@@H](O)CC[C@]4(C)[C@@H]3CC[C@@]21C. The maximum atomic E-state index is 12.7. The van der Waals surface area contributed by atoms with Gasteiger partial charge in [0.2, 0.25) is 5.88 Å². The maximum absolute atomic E-state index is 12.7. The highest BCUT2D eigenvalue weighted by Crippen LogP contribution is 2.68. The summed E-state index contributed by atoms with van der Waals surface area (Å²) in [6.07, 6.45) is 8.52. The molecule has 1 heterocycles. The first-order chi connectivity index (χ1) is 19.9. The number of rotatable bonds is 6. The Bertz CT molecular complexity index is 1410. The van der Waals surface area contributed by atoms with Crippen molar-refractivity contribution in [3.05, 3.63) is 28.3 Å². The van der Waals surface area contributed by atoms with Gasteiger partial charge in [-0.15, -0.1) is 10.2 Å². The molecule has 42 heavy (non-hydrogen) atoms. The third-order valence-electron chi connectivity index (χ3n) is 12.4. The number of aromatic nitrogens is 1. The Hall–Kier alpha value is -2.85. The highest BCUT2D eigenvalue weighted by molar-refractivity contribution is 5.95. The molecule has 1 amide bonds. The fraction of sp³-hybridized carbons (Fsp3) is 0.719. The lowest BCUT2D eigenvalue weighted by Crippen LogP contribution is -2.58. The van der Waals surface area contributed by atoms with Gasteiger partial charge in [-0.3, -0.25) is 14.9 Å². The first kappa shape index (κ1) is 29.2. The smallest absolute Gasteiger partial charge is 0.271 e. The van der Waals surface area contributed by atoms with E-state index < -0.39 is 4.92 Å². The highest BCUT2D eigenvalue weighted by atomic mass is 16.6. The molecule has 10 heteroatoms. The largest absolute Gasteiger partial charge is 0.493 e. The Morgan fingerprint density at radius 2 is 1.86 bits per heavy atom. The van der Waals surface area contributed by atoms with Crippen molar-refractivity contribution in [3.8, 4) is 5.88 Å². The molecule has 2 aromatic rings. The first-order valence-electron chi connectivity index (χ1n) is 15.7. The van der Waals surface area contributed by atoms with Crippen molar-refractivity contribution in [2.75, 3.05) is 0 Å². The van der Waals surface area contributed by atoms with Crippen molar-refractivity contribution < 1.29 is 25.0 Å². The van der Waals surface area contributed by atoms with Crippen LogP contribution in [0.2, 0.25) is 0 Å². The van der Waals surface area contributed by atoms with E-state index in [9.17, 15) is 30.2 Å². The quantitative estimate of drug-likeness (QED) is 0.167. The van der Waals surface area contributed by atoms with Crippen LogP contribution < -0.4 is 0 Å². The van der Waals surface area contributed by atoms with Crippen molar-refractivity contribution in [2.24, 2.45) is 56.6 Å². The van der Waals surface area contributed by atoms with Crippen molar-refractivity contribution in [2.45, 2.75) is 97.2 Å². The van der Waals surface area contributed by atoms with Gasteiger partial charge >= 0.3 is 0 Å². The molecule has 1 aromatic carbocycles. The Morgan fingerprint density at radius 1 is 1.12 bits per heavy atom. The summed E-state index contributed by atoms with van der Waals surface area (Å²) in [5.41, 5.74) is 0.684. The number of carbonyl (C=O) groups excluding carboxylic acids is 1. The second-order valence-corrected chi connectivity index (χ2v) is 14.4. The number of amides is 1. The molecule has 0 bridgehead atoms. The Labute approximate surface area is 246 Å². The normalized spacial score (nSPS) is 38.6. The van der Waals surface area contributed by atoms with Gasteiger partial charge in [0.05, 0.1) is 22.6 Å². The molecule has 0 radical (unpaired) electrons. The van der Waals surface area contributed by atoms with E-state index in [2.05, 4.69) is 36.0 Å². The number of H-pyrrole nitrogens is 1. The molecule has 10 atom stereocenters. The molecule has 228 valence electrons. The van der Waals surface area contributed by atoms with Gasteiger partial charge in [-0.1, -0.05) is 20.8 Å². The van der Waals surface area contributed by atoms with Crippen LogP contribution in [0.1, 0.15) is 85.0 Å². The number of aliphatic hydroxyl groups excluding tert-OH is 2. The van der Waals surface area contributed by atoms with Gasteiger partial charge in [0, 0.05) is 23.9 Å². The fourth-order valence-corrected chi connectivity index (χ4v) is 10.3. The number of aromatic hydroxyl groups is 1. The van der Waals surface area contributed by atoms with Crippen molar-refractivity contribution >= 4 is 28.2 Å². The van der Waals surface area contributed by atoms with Crippen LogP contribution in [0.15, 0.2) is 28.4 Å². The van der Waals surface area contributed by atoms with E-state index in [0.29, 0.717) is 52.8 Å². The zero-order valence-electron chi connectivity index (χ0n) is 24.8. The van der Waals surface area contributed by atoms with E-state index in [-0.39, 0.29) is 52.6 Å². The number of fused-ring (bicyclic) bond motifs is 6. The number of hydrogen-bond donors (Lipinski definition) is 4. The van der Waals surface area contributed by atoms with Crippen LogP contribution in [0.5, 0.6) is 5.88 Å². The second kappa shape index (κ2) is 10.7. The zero-order valence-corrected chi connectivity index (χ0v) is 24.8. The number of carbonyl (C=O) groups is 1. The molecule has 4 fully saturated rings. The molecule has 4 N–H and O–H groups in total. The Balaban J connectivity index is 1.10. The summed E-state index contributed by atoms with van der Waals surface area (Å²) >= 11 is 0. The topological polar surface area (TPSA) is 161 Å². The van der Waals surface area contributed by atoms with Crippen LogP contribution in [-0.4, -0.2) is 43.3 Å². The van der Waals surface area contributed by atoms with Gasteiger partial charge in [-0.2, -0.15) is 0 Å². The van der Waals surface area contributed by atoms with E-state index in [1.807, 2.05) is 0 Å². The molecule has 0 spiro atoms. The molecule has 0 aliphatic heterocycles. The van der Waals surface area contributed by atoms with Crippen molar-refractivity contribution in [1.29, 1.82) is 0 Å². The van der Waals surface area contributed by atoms with Gasteiger partial charge in [0.1, 0.15) is 0 Å². The number of nitro benzene ring substituents is 1. The summed E-state index contributed by atoms with van der Waals surface area (Å²) in [5.74, 6) is 1.88. The number of nitrogens with zero attached hydrogens (tertiary/aromatic N) is 3. The lowest BCUT2D eigenvalue weighted by molar-refractivity contribution is -0.384. The first-order valence-corrected chi connectivity index (χ1v) is 15.7. The summed E-state index contributed by atoms with van der Waals surface area (Å²) in [7, 11) is 0. The minimum absolute atomic E-state index is 0.0960. The number of benzene rings is 1. The van der Waals surface area contributed by atoms with Crippen LogP contribution in [0.25, 0.3) is 10.9 Å². The number of aliphatic hydroxyl groups is 2. The van der Waals surface area contributed by atoms with Gasteiger partial charge in [-0.25, -0.2) is 0 Å². The van der Waals surface area contributed by atoms with Crippen LogP contribution in [0, 0.1) is 56.5 Å². The number of non-ortho nitro benzene ring substituents is 1. The molecule has 4 aliphatic rings. The number of azo groups is 1. The van der Waals surface area contributed by atoms with E-state index in [1.165, 1.54) is 18.2 Å². The molecule has 4 saturated carbocycles. The molecular formula is C32H44N4O6. The number of nitrogens with one attached hydrogen (secondary N) is 1. The molecule has 1 aromatic heterocycles. The molecule has 10 nitrogen and oxygen atoms in total. The molecular weight excluding hydrogens is 536 g/mol. The van der Waals surface area contributed by atoms with E-state index in [0.717, 1.165) is 51.4 Å². The van der Waals surface area contributed by atoms with Crippen molar-refractivity contribution in [1.82, 2.24) is 4.98 Å². The van der Waals surface area contributed by atoms with Gasteiger partial charge < -0.3 is 20.3 Å². The zero-order chi connectivity index (χ0) is 30.0. The number of hydrogen-bond acceptors (Lipinski definition) is 7. The standard InChI is InChI=1S/C32H44N4O6/c1-17(4-9-27(39)34-35-29-21-6-5-19(36(41)42)16-25(21)33-30(29)40)22-7-8-23-28-24(11-13-32(22,23)3)31(2)12-10-20(37)14-18(31)15-26(28)38/h5-6,16-18,20,22-24,26,28,33,37-38,40H,4,7-15H2,1-3H3/t17-,18+,20+,22+,23-,24-,26-,28+,31+,32-/m1/s1. The van der Waals surface area contributed by atoms with E-state index >= 15 is 0 Å². The van der Waals surface area contributed by atoms with E-state index in [4.69, 9.17) is 0 Å². The summed E-state index contributed by atoms with van der Waals surface area (Å²) in [6, 6.07) is 4.12. The molecule has 4 aliphatic carbocycles. The number of nitro groups is 1. The second-order valence-electron chi connectivity index (χ2n) is 14.4. The Kier molecular flexibility index (Phi) is 7.45. The van der Waals surface area contributed by atoms with Gasteiger partial charge in [0.25, 0.3) is 11.6 Å². The van der Waals surface area contributed by atoms with Crippen LogP contribution in [-0.2, 0) is 4.79 Å². The van der Waals surface area contributed by atoms with Gasteiger partial charge in [0.15, 0.2) is 5.69 Å². The maximum Gasteiger partial charge on any atom is 0.271 e. The van der Waals surface area contributed by atoms with Crippen LogP contribution in [0.4, 0.5) is 11.4 Å². The Morgan fingerprint density at radius 3 is 2.62 bits per heavy atom. The van der Waals surface area contributed by atoms with Crippen LogP contribution >= 0.6 is 0 Å². The minimum atomic E-state index is -0.516. The lowest BCUT2D eigenvalue weighted by atomic mass is 9.43. The fourth-order valence-electron chi connectivity index (χ4n) is 10.3. The average Bonchev–Trinajstić information content (AvgIpc) is 3.46. The summed E-state index contributed by atoms with van der Waals surface area (Å²) in [5, 5.41) is 51.4. The van der Waals surface area contributed by atoms with Crippen molar-refractivity contribution in [3.63, 3.8) is 0 Å². The predicted molar refractivity (Wildman–Crippen MR) is 157 cm³/mol. The summed E-state index contributed by atoms with van der Waals surface area (Å²) < 4.78 is 0. The van der Waals surface area contributed by atoms with E-state index in [1.54, 1.807) is 0 Å².